The van der Waals surface area contributed by atoms with E-state index in [4.69, 9.17) is 14.2 Å². The maximum Gasteiger partial charge on any atom is 0.329 e. The van der Waals surface area contributed by atoms with Gasteiger partial charge in [0.25, 0.3) is 0 Å². The predicted molar refractivity (Wildman–Crippen MR) is 122 cm³/mol. The lowest BCUT2D eigenvalue weighted by molar-refractivity contribution is -0.137. The SMILES string of the molecule is COc1cc(OC)cc(C(C)(C)NC(Cc2ccccc2)C(=O)Oc2c(F)c(F)c(F)c(F)c2F)c1. The number of hydrogen-bond donors (Lipinski definition) is 1. The van der Waals surface area contributed by atoms with Gasteiger partial charge in [-0.2, -0.15) is 8.78 Å². The fraction of sp³-hybridized carbons (Fsp3) is 0.269. The Kier molecular flexibility index (Phi) is 8.19. The van der Waals surface area contributed by atoms with Gasteiger partial charge in [0, 0.05) is 11.6 Å². The number of nitrogens with one attached hydrogen (secondary N) is 1. The van der Waals surface area contributed by atoms with Crippen LogP contribution < -0.4 is 19.5 Å². The Labute approximate surface area is 204 Å². The Hall–Kier alpha value is -3.66. The third kappa shape index (κ3) is 5.76. The van der Waals surface area contributed by atoms with Crippen molar-refractivity contribution in [2.24, 2.45) is 0 Å². The van der Waals surface area contributed by atoms with E-state index in [1.807, 2.05) is 0 Å². The molecule has 3 aromatic carbocycles. The Morgan fingerprint density at radius 2 is 1.33 bits per heavy atom. The number of halogens is 5. The summed E-state index contributed by atoms with van der Waals surface area (Å²) in [6.07, 6.45) is -0.0143. The first kappa shape index (κ1) is 26.9. The molecule has 0 aliphatic rings. The third-order valence-corrected chi connectivity index (χ3v) is 5.55. The van der Waals surface area contributed by atoms with Gasteiger partial charge in [-0.25, -0.2) is 18.0 Å². The topological polar surface area (TPSA) is 56.8 Å². The molecule has 5 nitrogen and oxygen atoms in total. The van der Waals surface area contributed by atoms with Crippen molar-refractivity contribution in [1.82, 2.24) is 5.32 Å². The van der Waals surface area contributed by atoms with Gasteiger partial charge in [0.15, 0.2) is 0 Å². The summed E-state index contributed by atoms with van der Waals surface area (Å²) >= 11 is 0. The quantitative estimate of drug-likeness (QED) is 0.137. The minimum absolute atomic E-state index is 0.0143. The van der Waals surface area contributed by atoms with Crippen LogP contribution in [0.1, 0.15) is 25.0 Å². The van der Waals surface area contributed by atoms with Gasteiger partial charge >= 0.3 is 5.97 Å². The first-order valence-electron chi connectivity index (χ1n) is 10.8. The molecule has 1 N–H and O–H groups in total. The molecule has 0 fully saturated rings. The average Bonchev–Trinajstić information content (AvgIpc) is 2.88. The third-order valence-electron chi connectivity index (χ3n) is 5.55. The minimum Gasteiger partial charge on any atom is -0.497 e. The first-order chi connectivity index (χ1) is 17.0. The van der Waals surface area contributed by atoms with Gasteiger partial charge in [-0.3, -0.25) is 5.32 Å². The largest absolute Gasteiger partial charge is 0.497 e. The molecule has 3 rings (SSSR count). The van der Waals surface area contributed by atoms with Crippen LogP contribution in [0.5, 0.6) is 17.2 Å². The van der Waals surface area contributed by atoms with Crippen molar-refractivity contribution in [3.05, 3.63) is 88.7 Å². The lowest BCUT2D eigenvalue weighted by atomic mass is 9.91. The molecule has 0 bridgehead atoms. The second kappa shape index (κ2) is 10.9. The normalized spacial score (nSPS) is 12.2. The smallest absolute Gasteiger partial charge is 0.329 e. The summed E-state index contributed by atoms with van der Waals surface area (Å²) < 4.78 is 84.4. The molecular weight excluding hydrogens is 485 g/mol. The molecule has 0 saturated carbocycles. The number of hydrogen-bond acceptors (Lipinski definition) is 5. The molecule has 0 heterocycles. The minimum atomic E-state index is -2.35. The second-order valence-corrected chi connectivity index (χ2v) is 8.43. The highest BCUT2D eigenvalue weighted by Crippen LogP contribution is 2.32. The van der Waals surface area contributed by atoms with Crippen LogP contribution >= 0.6 is 0 Å². The van der Waals surface area contributed by atoms with Gasteiger partial charge in [0.1, 0.15) is 17.5 Å². The van der Waals surface area contributed by atoms with Crippen molar-refractivity contribution >= 4 is 5.97 Å². The number of benzene rings is 3. The summed E-state index contributed by atoms with van der Waals surface area (Å²) in [6, 6.07) is 12.4. The van der Waals surface area contributed by atoms with Crippen molar-refractivity contribution in [3.8, 4) is 17.2 Å². The zero-order valence-electron chi connectivity index (χ0n) is 19.9. The molecule has 192 valence electrons. The lowest BCUT2D eigenvalue weighted by Gasteiger charge is -2.32. The molecule has 1 unspecified atom stereocenters. The maximum atomic E-state index is 14.2. The van der Waals surface area contributed by atoms with Crippen LogP contribution in [0.25, 0.3) is 0 Å². The summed E-state index contributed by atoms with van der Waals surface area (Å²) in [5.41, 5.74) is 0.306. The molecule has 0 aromatic heterocycles. The van der Waals surface area contributed by atoms with Gasteiger partial charge in [0.05, 0.1) is 14.2 Å². The van der Waals surface area contributed by atoms with Crippen LogP contribution in [-0.2, 0) is 16.8 Å². The molecular formula is C26H24F5NO4. The van der Waals surface area contributed by atoms with Crippen molar-refractivity contribution in [1.29, 1.82) is 0 Å². The van der Waals surface area contributed by atoms with Gasteiger partial charge < -0.3 is 14.2 Å². The fourth-order valence-corrected chi connectivity index (χ4v) is 3.58. The van der Waals surface area contributed by atoms with Gasteiger partial charge in [-0.05, 0) is 43.5 Å². The summed E-state index contributed by atoms with van der Waals surface area (Å²) in [4.78, 5) is 13.1. The zero-order chi connectivity index (χ0) is 26.6. The van der Waals surface area contributed by atoms with E-state index in [1.165, 1.54) is 14.2 Å². The average molecular weight is 509 g/mol. The van der Waals surface area contributed by atoms with Crippen LogP contribution in [0.15, 0.2) is 48.5 Å². The standard InChI is InChI=1S/C26H24F5NO4/c1-26(2,15-11-16(34-3)13-17(12-15)35-4)32-18(10-14-8-6-5-7-9-14)25(33)36-24-22(30)20(28)19(27)21(29)23(24)31/h5-9,11-13,18,32H,10H2,1-4H3. The van der Waals surface area contributed by atoms with Crippen molar-refractivity contribution in [2.75, 3.05) is 14.2 Å². The van der Waals surface area contributed by atoms with Crippen LogP contribution in [-0.4, -0.2) is 26.2 Å². The Morgan fingerprint density at radius 3 is 1.83 bits per heavy atom. The van der Waals surface area contributed by atoms with E-state index in [0.29, 0.717) is 22.6 Å². The monoisotopic (exact) mass is 509 g/mol. The Morgan fingerprint density at radius 1 is 0.833 bits per heavy atom. The summed E-state index contributed by atoms with van der Waals surface area (Å²) in [5.74, 6) is -13.2. The Bertz CT molecular complexity index is 1200. The van der Waals surface area contributed by atoms with Crippen molar-refractivity contribution in [3.63, 3.8) is 0 Å². The highest BCUT2D eigenvalue weighted by molar-refractivity contribution is 5.79. The van der Waals surface area contributed by atoms with Gasteiger partial charge in [0.2, 0.25) is 34.8 Å². The molecule has 0 aliphatic carbocycles. The molecule has 1 atom stereocenters. The van der Waals surface area contributed by atoms with E-state index in [0.717, 1.165) is 0 Å². The second-order valence-electron chi connectivity index (χ2n) is 8.43. The number of ether oxygens (including phenoxy) is 3. The fourth-order valence-electron chi connectivity index (χ4n) is 3.58. The molecule has 0 radical (unpaired) electrons. The highest BCUT2D eigenvalue weighted by Gasteiger charge is 2.34. The number of rotatable bonds is 9. The van der Waals surface area contributed by atoms with E-state index >= 15 is 0 Å². The van der Waals surface area contributed by atoms with E-state index in [1.54, 1.807) is 62.4 Å². The molecule has 0 amide bonds. The van der Waals surface area contributed by atoms with Crippen molar-refractivity contribution < 1.29 is 41.0 Å². The van der Waals surface area contributed by atoms with Crippen LogP contribution in [0.2, 0.25) is 0 Å². The van der Waals surface area contributed by atoms with Crippen LogP contribution in [0.3, 0.4) is 0 Å². The van der Waals surface area contributed by atoms with Gasteiger partial charge in [-0.1, -0.05) is 30.3 Å². The molecule has 36 heavy (non-hydrogen) atoms. The van der Waals surface area contributed by atoms with Crippen LogP contribution in [0.4, 0.5) is 22.0 Å². The van der Waals surface area contributed by atoms with E-state index < -0.39 is 52.4 Å². The summed E-state index contributed by atoms with van der Waals surface area (Å²) in [6.45, 7) is 3.45. The predicted octanol–water partition coefficient (Wildman–Crippen LogP) is 5.44. The number of carbonyl (C=O) groups is 1. The van der Waals surface area contributed by atoms with E-state index in [2.05, 4.69) is 5.32 Å². The van der Waals surface area contributed by atoms with Crippen LogP contribution in [0, 0.1) is 29.1 Å². The van der Waals surface area contributed by atoms with Gasteiger partial charge in [-0.15, -0.1) is 0 Å². The molecule has 0 aliphatic heterocycles. The zero-order valence-corrected chi connectivity index (χ0v) is 19.9. The number of carbonyl (C=O) groups excluding carboxylic acids is 1. The Balaban J connectivity index is 1.99. The van der Waals surface area contributed by atoms with E-state index in [9.17, 15) is 26.7 Å². The molecule has 3 aromatic rings. The van der Waals surface area contributed by atoms with Crippen molar-refractivity contribution in [2.45, 2.75) is 31.8 Å². The first-order valence-corrected chi connectivity index (χ1v) is 10.8. The molecule has 10 heteroatoms. The molecule has 0 spiro atoms. The van der Waals surface area contributed by atoms with E-state index in [-0.39, 0.29) is 6.42 Å². The number of methoxy groups -OCH3 is 2. The highest BCUT2D eigenvalue weighted by atomic mass is 19.2. The summed E-state index contributed by atoms with van der Waals surface area (Å²) in [5, 5.41) is 3.07. The number of esters is 1. The maximum absolute atomic E-state index is 14.2. The molecule has 0 saturated heterocycles. The summed E-state index contributed by atoms with van der Waals surface area (Å²) in [7, 11) is 2.94. The lowest BCUT2D eigenvalue weighted by Crippen LogP contribution is -2.50.